The number of H-pyrrole nitrogens is 1. The fraction of sp³-hybridized carbons (Fsp3) is 0.188. The van der Waals surface area contributed by atoms with Crippen LogP contribution in [0.25, 0.3) is 11.1 Å². The molecule has 3 aromatic rings. The van der Waals surface area contributed by atoms with Crippen molar-refractivity contribution in [1.29, 1.82) is 0 Å². The Balaban J connectivity index is 1.55. The van der Waals surface area contributed by atoms with Crippen LogP contribution >= 0.6 is 0 Å². The van der Waals surface area contributed by atoms with Crippen molar-refractivity contribution in [1.82, 2.24) is 10.3 Å². The number of ether oxygens (including phenoxy) is 1. The molecule has 0 aliphatic heterocycles. The molecule has 0 aliphatic rings. The zero-order valence-corrected chi connectivity index (χ0v) is 12.3. The quantitative estimate of drug-likeness (QED) is 0.746. The lowest BCUT2D eigenvalue weighted by Crippen LogP contribution is -2.26. The van der Waals surface area contributed by atoms with Crippen molar-refractivity contribution < 1.29 is 27.1 Å². The Kier molecular flexibility index (Phi) is 4.20. The van der Waals surface area contributed by atoms with E-state index in [0.29, 0.717) is 23.3 Å². The lowest BCUT2D eigenvalue weighted by Gasteiger charge is -2.10. The van der Waals surface area contributed by atoms with Gasteiger partial charge in [0.1, 0.15) is 11.4 Å². The van der Waals surface area contributed by atoms with E-state index in [9.17, 15) is 18.0 Å². The smallest absolute Gasteiger partial charge is 0.463 e. The van der Waals surface area contributed by atoms with Crippen LogP contribution in [0.1, 0.15) is 16.1 Å². The van der Waals surface area contributed by atoms with E-state index in [1.54, 1.807) is 18.2 Å². The van der Waals surface area contributed by atoms with Crippen LogP contribution in [0.2, 0.25) is 0 Å². The van der Waals surface area contributed by atoms with Crippen LogP contribution in [0, 0.1) is 0 Å². The minimum absolute atomic E-state index is 0.273. The fourth-order valence-electron chi connectivity index (χ4n) is 2.28. The number of alkyl halides is 3. The molecular weight excluding hydrogens is 325 g/mol. The van der Waals surface area contributed by atoms with Crippen molar-refractivity contribution in [3.63, 3.8) is 0 Å². The van der Waals surface area contributed by atoms with E-state index in [4.69, 9.17) is 4.42 Å². The van der Waals surface area contributed by atoms with Gasteiger partial charge in [0, 0.05) is 18.7 Å². The highest BCUT2D eigenvalue weighted by Crippen LogP contribution is 2.23. The van der Waals surface area contributed by atoms with Crippen molar-refractivity contribution in [2.24, 2.45) is 0 Å². The summed E-state index contributed by atoms with van der Waals surface area (Å²) in [6, 6.07) is 8.94. The van der Waals surface area contributed by atoms with Gasteiger partial charge >= 0.3 is 6.36 Å². The normalized spacial score (nSPS) is 11.6. The van der Waals surface area contributed by atoms with Gasteiger partial charge in [-0.05, 0) is 24.1 Å². The van der Waals surface area contributed by atoms with Crippen LogP contribution in [0.3, 0.4) is 0 Å². The van der Waals surface area contributed by atoms with E-state index < -0.39 is 6.36 Å². The monoisotopic (exact) mass is 338 g/mol. The Labute approximate surface area is 134 Å². The zero-order chi connectivity index (χ0) is 17.2. The average molecular weight is 338 g/mol. The standard InChI is InChI=1S/C16H13F3N2O3/c17-16(18,19)24-11-3-1-2-10(8-11)4-6-20-15(22)13-9-14-12(21-13)5-7-23-14/h1-3,5,7-9,21H,4,6H2,(H,20,22). The van der Waals surface area contributed by atoms with Crippen molar-refractivity contribution in [2.75, 3.05) is 6.54 Å². The zero-order valence-electron chi connectivity index (χ0n) is 12.3. The number of halogens is 3. The Hall–Kier alpha value is -2.90. The third-order valence-electron chi connectivity index (χ3n) is 3.32. The van der Waals surface area contributed by atoms with Gasteiger partial charge in [0.05, 0.1) is 11.8 Å². The molecule has 0 bridgehead atoms. The first-order valence-electron chi connectivity index (χ1n) is 7.10. The largest absolute Gasteiger partial charge is 0.573 e. The topological polar surface area (TPSA) is 67.3 Å². The molecule has 2 heterocycles. The number of aromatic nitrogens is 1. The first kappa shape index (κ1) is 16.0. The van der Waals surface area contributed by atoms with Crippen LogP contribution in [0.4, 0.5) is 13.2 Å². The molecule has 0 fully saturated rings. The van der Waals surface area contributed by atoms with Gasteiger partial charge in [-0.15, -0.1) is 13.2 Å². The second-order valence-electron chi connectivity index (χ2n) is 5.08. The maximum absolute atomic E-state index is 12.2. The Morgan fingerprint density at radius 1 is 1.25 bits per heavy atom. The molecule has 0 atom stereocenters. The summed E-state index contributed by atoms with van der Waals surface area (Å²) >= 11 is 0. The first-order valence-corrected chi connectivity index (χ1v) is 7.10. The molecule has 1 aromatic carbocycles. The van der Waals surface area contributed by atoms with E-state index >= 15 is 0 Å². The Morgan fingerprint density at radius 2 is 2.08 bits per heavy atom. The number of carbonyl (C=O) groups is 1. The summed E-state index contributed by atoms with van der Waals surface area (Å²) in [6.07, 6.45) is -2.84. The van der Waals surface area contributed by atoms with E-state index in [-0.39, 0.29) is 18.2 Å². The predicted octanol–water partition coefficient (Wildman–Crippen LogP) is 3.63. The Bertz CT molecular complexity index is 823. The number of hydrogen-bond donors (Lipinski definition) is 2. The number of furan rings is 1. The molecule has 8 heteroatoms. The van der Waals surface area contributed by atoms with Gasteiger partial charge in [0.25, 0.3) is 5.91 Å². The summed E-state index contributed by atoms with van der Waals surface area (Å²) in [4.78, 5) is 14.9. The number of amides is 1. The minimum Gasteiger partial charge on any atom is -0.463 e. The van der Waals surface area contributed by atoms with Crippen molar-refractivity contribution in [3.8, 4) is 5.75 Å². The van der Waals surface area contributed by atoms with Crippen LogP contribution in [-0.2, 0) is 6.42 Å². The highest BCUT2D eigenvalue weighted by Gasteiger charge is 2.31. The van der Waals surface area contributed by atoms with Gasteiger partial charge in [0.2, 0.25) is 0 Å². The maximum Gasteiger partial charge on any atom is 0.573 e. The minimum atomic E-state index is -4.72. The molecule has 1 amide bonds. The number of rotatable bonds is 5. The SMILES string of the molecule is O=C(NCCc1cccc(OC(F)(F)F)c1)c1cc2occc2[nH]1. The third-order valence-corrected chi connectivity index (χ3v) is 3.32. The molecule has 2 N–H and O–H groups in total. The number of aromatic amines is 1. The number of hydrogen-bond acceptors (Lipinski definition) is 3. The molecule has 2 aromatic heterocycles. The van der Waals surface area contributed by atoms with Gasteiger partial charge in [0.15, 0.2) is 5.58 Å². The molecule has 24 heavy (non-hydrogen) atoms. The molecular formula is C16H13F3N2O3. The summed E-state index contributed by atoms with van der Waals surface area (Å²) < 4.78 is 45.6. The predicted molar refractivity (Wildman–Crippen MR) is 79.7 cm³/mol. The van der Waals surface area contributed by atoms with Gasteiger partial charge in [-0.3, -0.25) is 4.79 Å². The molecule has 0 saturated heterocycles. The summed E-state index contributed by atoms with van der Waals surface area (Å²) in [6.45, 7) is 0.273. The van der Waals surface area contributed by atoms with E-state index in [2.05, 4.69) is 15.0 Å². The summed E-state index contributed by atoms with van der Waals surface area (Å²) in [5.41, 5.74) is 2.28. The maximum atomic E-state index is 12.2. The van der Waals surface area contributed by atoms with Crippen LogP contribution in [0.5, 0.6) is 5.75 Å². The lowest BCUT2D eigenvalue weighted by atomic mass is 10.1. The molecule has 3 rings (SSSR count). The highest BCUT2D eigenvalue weighted by atomic mass is 19.4. The van der Waals surface area contributed by atoms with Gasteiger partial charge in [-0.1, -0.05) is 12.1 Å². The van der Waals surface area contributed by atoms with E-state index in [1.807, 2.05) is 0 Å². The molecule has 0 aliphatic carbocycles. The molecule has 0 radical (unpaired) electrons. The lowest BCUT2D eigenvalue weighted by molar-refractivity contribution is -0.274. The summed E-state index contributed by atoms with van der Waals surface area (Å²) in [5, 5.41) is 2.69. The third kappa shape index (κ3) is 3.89. The number of fused-ring (bicyclic) bond motifs is 1. The highest BCUT2D eigenvalue weighted by molar-refractivity contribution is 5.96. The molecule has 0 unspecified atom stereocenters. The molecule has 5 nitrogen and oxygen atoms in total. The van der Waals surface area contributed by atoms with Crippen LogP contribution in [-0.4, -0.2) is 23.8 Å². The second kappa shape index (κ2) is 6.31. The van der Waals surface area contributed by atoms with Crippen LogP contribution in [0.15, 0.2) is 47.1 Å². The van der Waals surface area contributed by atoms with Crippen molar-refractivity contribution in [3.05, 3.63) is 53.9 Å². The van der Waals surface area contributed by atoms with Crippen LogP contribution < -0.4 is 10.1 Å². The summed E-state index contributed by atoms with van der Waals surface area (Å²) in [5.74, 6) is -0.597. The van der Waals surface area contributed by atoms with E-state index in [0.717, 1.165) is 5.52 Å². The van der Waals surface area contributed by atoms with Crippen molar-refractivity contribution in [2.45, 2.75) is 12.8 Å². The molecule has 0 spiro atoms. The fourth-order valence-corrected chi connectivity index (χ4v) is 2.28. The van der Waals surface area contributed by atoms with Gasteiger partial charge < -0.3 is 19.5 Å². The molecule has 126 valence electrons. The molecule has 0 saturated carbocycles. The van der Waals surface area contributed by atoms with Gasteiger partial charge in [-0.2, -0.15) is 0 Å². The van der Waals surface area contributed by atoms with Crippen molar-refractivity contribution >= 4 is 17.0 Å². The Morgan fingerprint density at radius 3 is 2.83 bits per heavy atom. The average Bonchev–Trinajstić information content (AvgIpc) is 3.06. The number of benzene rings is 1. The number of nitrogens with one attached hydrogen (secondary N) is 2. The number of carbonyl (C=O) groups excluding carboxylic acids is 1. The van der Waals surface area contributed by atoms with E-state index in [1.165, 1.54) is 24.5 Å². The first-order chi connectivity index (χ1) is 11.4. The summed E-state index contributed by atoms with van der Waals surface area (Å²) in [7, 11) is 0. The van der Waals surface area contributed by atoms with Gasteiger partial charge in [-0.25, -0.2) is 0 Å². The second-order valence-corrected chi connectivity index (χ2v) is 5.08.